The van der Waals surface area contributed by atoms with Crippen molar-refractivity contribution in [3.63, 3.8) is 0 Å². The van der Waals surface area contributed by atoms with Crippen molar-refractivity contribution < 1.29 is 5.11 Å². The Morgan fingerprint density at radius 2 is 1.83 bits per heavy atom. The molecule has 0 unspecified atom stereocenters. The largest absolute Gasteiger partial charge is 0.390 e. The maximum absolute atomic E-state index is 10.0. The van der Waals surface area contributed by atoms with Crippen LogP contribution in [0.3, 0.4) is 0 Å². The maximum Gasteiger partial charge on any atom is 0.208 e. The van der Waals surface area contributed by atoms with Gasteiger partial charge < -0.3 is 10.0 Å². The molecule has 1 N–H and O–H groups in total. The van der Waals surface area contributed by atoms with Gasteiger partial charge >= 0.3 is 0 Å². The molecule has 2 heterocycles. The summed E-state index contributed by atoms with van der Waals surface area (Å²) in [6, 6.07) is 0. The molecule has 1 aromatic rings. The normalized spacial score (nSPS) is 22.5. The van der Waals surface area contributed by atoms with Crippen LogP contribution in [0.2, 0.25) is 0 Å². The van der Waals surface area contributed by atoms with Gasteiger partial charge in [-0.3, -0.25) is 0 Å². The molecular weight excluding hydrogens is 246 g/mol. The lowest BCUT2D eigenvalue weighted by Crippen LogP contribution is -2.41. The van der Waals surface area contributed by atoms with E-state index in [2.05, 4.69) is 15.1 Å². The van der Waals surface area contributed by atoms with Gasteiger partial charge in [0.15, 0.2) is 0 Å². The third-order valence-corrected chi connectivity index (χ3v) is 5.27. The lowest BCUT2D eigenvalue weighted by molar-refractivity contribution is 0.00651. The van der Waals surface area contributed by atoms with Gasteiger partial charge in [-0.15, -0.1) is 10.2 Å². The Kier molecular flexibility index (Phi) is 3.06. The van der Waals surface area contributed by atoms with Gasteiger partial charge in [-0.25, -0.2) is 0 Å². The molecular formula is C13H21N3OS. The summed E-state index contributed by atoms with van der Waals surface area (Å²) in [7, 11) is 0. The molecule has 2 aliphatic rings. The van der Waals surface area contributed by atoms with Crippen molar-refractivity contribution in [3.8, 4) is 0 Å². The number of aromatic nitrogens is 2. The van der Waals surface area contributed by atoms with Gasteiger partial charge in [0, 0.05) is 19.0 Å². The molecule has 5 heteroatoms. The molecule has 1 aliphatic heterocycles. The summed E-state index contributed by atoms with van der Waals surface area (Å²) in [5, 5.41) is 21.0. The van der Waals surface area contributed by atoms with Crippen molar-refractivity contribution in [1.29, 1.82) is 0 Å². The third kappa shape index (κ3) is 2.52. The second-order valence-electron chi connectivity index (χ2n) is 6.11. The first-order valence-electron chi connectivity index (χ1n) is 6.85. The van der Waals surface area contributed by atoms with Gasteiger partial charge in [-0.1, -0.05) is 11.3 Å². The Bertz CT molecular complexity index is 414. The molecule has 4 nitrogen and oxygen atoms in total. The molecule has 0 radical (unpaired) electrons. The van der Waals surface area contributed by atoms with E-state index < -0.39 is 5.60 Å². The Hall–Kier alpha value is -0.680. The fourth-order valence-corrected chi connectivity index (χ4v) is 3.69. The molecule has 0 atom stereocenters. The highest BCUT2D eigenvalue weighted by Gasteiger charge is 2.32. The maximum atomic E-state index is 10.0. The molecule has 0 amide bonds. The molecule has 1 saturated carbocycles. The number of rotatable bonds is 3. The fraction of sp³-hybridized carbons (Fsp3) is 0.846. The monoisotopic (exact) mass is 267 g/mol. The number of piperidine rings is 1. The summed E-state index contributed by atoms with van der Waals surface area (Å²) >= 11 is 1.76. The minimum atomic E-state index is -0.549. The van der Waals surface area contributed by atoms with Gasteiger partial charge in [0.1, 0.15) is 5.01 Å². The summed E-state index contributed by atoms with van der Waals surface area (Å²) in [6.07, 6.45) is 4.66. The van der Waals surface area contributed by atoms with Crippen LogP contribution in [0.5, 0.6) is 0 Å². The fourth-order valence-electron chi connectivity index (χ4n) is 2.63. The van der Waals surface area contributed by atoms with Gasteiger partial charge in [0.2, 0.25) is 5.13 Å². The highest BCUT2D eigenvalue weighted by atomic mass is 32.1. The summed E-state index contributed by atoms with van der Waals surface area (Å²) in [5.41, 5.74) is -0.549. The van der Waals surface area contributed by atoms with Crippen LogP contribution in [-0.2, 0) is 0 Å². The molecule has 1 aromatic heterocycles. The highest BCUT2D eigenvalue weighted by Crippen LogP contribution is 2.43. The van der Waals surface area contributed by atoms with Crippen LogP contribution in [-0.4, -0.2) is 34.0 Å². The van der Waals surface area contributed by atoms with E-state index in [9.17, 15) is 5.11 Å². The minimum absolute atomic E-state index is 0.407. The molecule has 0 spiro atoms. The minimum Gasteiger partial charge on any atom is -0.390 e. The molecule has 1 aliphatic carbocycles. The molecule has 0 aromatic carbocycles. The second-order valence-corrected chi connectivity index (χ2v) is 7.10. The Labute approximate surface area is 112 Å². The summed E-state index contributed by atoms with van der Waals surface area (Å²) < 4.78 is 0. The molecule has 2 fully saturated rings. The summed E-state index contributed by atoms with van der Waals surface area (Å²) in [4.78, 5) is 2.33. The molecule has 0 bridgehead atoms. The Morgan fingerprint density at radius 1 is 1.17 bits per heavy atom. The quantitative estimate of drug-likeness (QED) is 0.913. The summed E-state index contributed by atoms with van der Waals surface area (Å²) in [5.74, 6) is 1.11. The number of anilines is 1. The van der Waals surface area contributed by atoms with E-state index in [0.29, 0.717) is 11.8 Å². The lowest BCUT2D eigenvalue weighted by atomic mass is 9.83. The van der Waals surface area contributed by atoms with Gasteiger partial charge in [0.25, 0.3) is 0 Å². The predicted molar refractivity (Wildman–Crippen MR) is 73.1 cm³/mol. The van der Waals surface area contributed by atoms with E-state index >= 15 is 0 Å². The van der Waals surface area contributed by atoms with Gasteiger partial charge in [0.05, 0.1) is 5.60 Å². The van der Waals surface area contributed by atoms with Gasteiger partial charge in [-0.2, -0.15) is 0 Å². The molecule has 1 saturated heterocycles. The Balaban J connectivity index is 1.61. The zero-order chi connectivity index (χ0) is 12.8. The van der Waals surface area contributed by atoms with E-state index in [-0.39, 0.29) is 0 Å². The first-order chi connectivity index (χ1) is 8.54. The predicted octanol–water partition coefficient (Wildman–Crippen LogP) is 2.40. The van der Waals surface area contributed by atoms with Crippen molar-refractivity contribution in [2.75, 3.05) is 18.0 Å². The zero-order valence-electron chi connectivity index (χ0n) is 11.1. The van der Waals surface area contributed by atoms with Crippen LogP contribution in [0.15, 0.2) is 0 Å². The first kappa shape index (κ1) is 12.4. The van der Waals surface area contributed by atoms with E-state index in [1.54, 1.807) is 11.3 Å². The standard InChI is InChI=1S/C13H21N3OS/c1-13(2,17)10-5-7-16(8-6-10)12-15-14-11(18-12)9-3-4-9/h9-10,17H,3-8H2,1-2H3. The van der Waals surface area contributed by atoms with Crippen LogP contribution < -0.4 is 4.90 Å². The average molecular weight is 267 g/mol. The number of nitrogens with zero attached hydrogens (tertiary/aromatic N) is 3. The first-order valence-corrected chi connectivity index (χ1v) is 7.66. The van der Waals surface area contributed by atoms with Crippen LogP contribution in [0.25, 0.3) is 0 Å². The van der Waals surface area contributed by atoms with Crippen LogP contribution in [0, 0.1) is 5.92 Å². The molecule has 18 heavy (non-hydrogen) atoms. The number of aliphatic hydroxyl groups is 1. The van der Waals surface area contributed by atoms with Crippen molar-refractivity contribution in [2.24, 2.45) is 5.92 Å². The highest BCUT2D eigenvalue weighted by molar-refractivity contribution is 7.15. The average Bonchev–Trinajstić information content (AvgIpc) is 3.06. The second kappa shape index (κ2) is 4.46. The van der Waals surface area contributed by atoms with Crippen LogP contribution >= 0.6 is 11.3 Å². The Morgan fingerprint density at radius 3 is 2.39 bits per heavy atom. The van der Waals surface area contributed by atoms with E-state index in [0.717, 1.165) is 31.1 Å². The van der Waals surface area contributed by atoms with E-state index in [4.69, 9.17) is 0 Å². The van der Waals surface area contributed by atoms with Crippen LogP contribution in [0.1, 0.15) is 50.5 Å². The van der Waals surface area contributed by atoms with Crippen LogP contribution in [0.4, 0.5) is 5.13 Å². The van der Waals surface area contributed by atoms with Gasteiger partial charge in [-0.05, 0) is 45.4 Å². The number of hydrogen-bond donors (Lipinski definition) is 1. The summed E-state index contributed by atoms with van der Waals surface area (Å²) in [6.45, 7) is 5.83. The molecule has 100 valence electrons. The third-order valence-electron chi connectivity index (χ3n) is 4.12. The smallest absolute Gasteiger partial charge is 0.208 e. The topological polar surface area (TPSA) is 49.2 Å². The van der Waals surface area contributed by atoms with E-state index in [1.807, 2.05) is 13.8 Å². The van der Waals surface area contributed by atoms with Crippen molar-refractivity contribution >= 4 is 16.5 Å². The van der Waals surface area contributed by atoms with E-state index in [1.165, 1.54) is 17.8 Å². The van der Waals surface area contributed by atoms with Crippen molar-refractivity contribution in [3.05, 3.63) is 5.01 Å². The lowest BCUT2D eigenvalue weighted by Gasteiger charge is -2.37. The zero-order valence-corrected chi connectivity index (χ0v) is 11.9. The van der Waals surface area contributed by atoms with Crippen molar-refractivity contribution in [2.45, 2.75) is 51.0 Å². The number of hydrogen-bond acceptors (Lipinski definition) is 5. The molecule has 3 rings (SSSR count). The SMILES string of the molecule is CC(C)(O)C1CCN(c2nnc(C3CC3)s2)CC1. The van der Waals surface area contributed by atoms with Crippen molar-refractivity contribution in [1.82, 2.24) is 10.2 Å².